The van der Waals surface area contributed by atoms with Crippen LogP contribution in [0.5, 0.6) is 0 Å². The van der Waals surface area contributed by atoms with Crippen molar-refractivity contribution in [2.45, 2.75) is 16.7 Å². The fraction of sp³-hybridized carbons (Fsp3) is 0.125. The summed E-state index contributed by atoms with van der Waals surface area (Å²) in [6, 6.07) is 18.2. The maximum absolute atomic E-state index is 11.0. The SMILES string of the molecule is COC(=O)N/N=C(/C)c1ccc(Sc2ccccc2)cc1. The van der Waals surface area contributed by atoms with Crippen molar-refractivity contribution in [3.63, 3.8) is 0 Å². The zero-order chi connectivity index (χ0) is 15.1. The average Bonchev–Trinajstić information content (AvgIpc) is 2.54. The molecule has 5 heteroatoms. The lowest BCUT2D eigenvalue weighted by Crippen LogP contribution is -2.18. The molecule has 0 spiro atoms. The summed E-state index contributed by atoms with van der Waals surface area (Å²) in [7, 11) is 1.30. The van der Waals surface area contributed by atoms with E-state index < -0.39 is 6.09 Å². The van der Waals surface area contributed by atoms with Crippen LogP contribution in [0.25, 0.3) is 0 Å². The van der Waals surface area contributed by atoms with Crippen LogP contribution in [0.3, 0.4) is 0 Å². The van der Waals surface area contributed by atoms with Gasteiger partial charge in [0.1, 0.15) is 0 Å². The van der Waals surface area contributed by atoms with Crippen molar-refractivity contribution < 1.29 is 9.53 Å². The predicted octanol–water partition coefficient (Wildman–Crippen LogP) is 3.92. The first kappa shape index (κ1) is 15.1. The van der Waals surface area contributed by atoms with Crippen molar-refractivity contribution in [1.82, 2.24) is 5.43 Å². The van der Waals surface area contributed by atoms with E-state index in [1.54, 1.807) is 11.8 Å². The van der Waals surface area contributed by atoms with Crippen molar-refractivity contribution in [2.24, 2.45) is 5.10 Å². The molecule has 2 aromatic rings. The Morgan fingerprint density at radius 2 is 1.67 bits per heavy atom. The second-order valence-electron chi connectivity index (χ2n) is 4.24. The number of nitrogens with one attached hydrogen (secondary N) is 1. The van der Waals surface area contributed by atoms with E-state index in [1.165, 1.54) is 12.0 Å². The molecule has 1 amide bonds. The topological polar surface area (TPSA) is 50.7 Å². The van der Waals surface area contributed by atoms with Crippen molar-refractivity contribution in [1.29, 1.82) is 0 Å². The highest BCUT2D eigenvalue weighted by Gasteiger charge is 2.01. The molecule has 0 bridgehead atoms. The first-order valence-electron chi connectivity index (χ1n) is 6.40. The Labute approximate surface area is 128 Å². The molecule has 0 radical (unpaired) electrons. The van der Waals surface area contributed by atoms with E-state index in [9.17, 15) is 4.79 Å². The van der Waals surface area contributed by atoms with E-state index in [4.69, 9.17) is 0 Å². The summed E-state index contributed by atoms with van der Waals surface area (Å²) in [5, 5.41) is 3.96. The lowest BCUT2D eigenvalue weighted by atomic mass is 10.1. The van der Waals surface area contributed by atoms with Crippen molar-refractivity contribution in [3.05, 3.63) is 60.2 Å². The van der Waals surface area contributed by atoms with Crippen LogP contribution < -0.4 is 5.43 Å². The summed E-state index contributed by atoms with van der Waals surface area (Å²) in [6.07, 6.45) is -0.578. The number of nitrogens with zero attached hydrogens (tertiary/aromatic N) is 1. The molecule has 0 saturated carbocycles. The zero-order valence-electron chi connectivity index (χ0n) is 11.9. The van der Waals surface area contributed by atoms with E-state index in [-0.39, 0.29) is 0 Å². The molecular formula is C16H16N2O2S. The molecule has 1 N–H and O–H groups in total. The van der Waals surface area contributed by atoms with Gasteiger partial charge in [0.2, 0.25) is 0 Å². The quantitative estimate of drug-likeness (QED) is 0.688. The fourth-order valence-corrected chi connectivity index (χ4v) is 2.47. The molecule has 0 heterocycles. The van der Waals surface area contributed by atoms with Gasteiger partial charge in [-0.2, -0.15) is 5.10 Å². The van der Waals surface area contributed by atoms with Gasteiger partial charge >= 0.3 is 6.09 Å². The summed E-state index contributed by atoms with van der Waals surface area (Å²) < 4.78 is 4.46. The van der Waals surface area contributed by atoms with Crippen LogP contribution in [-0.4, -0.2) is 18.9 Å². The number of amides is 1. The highest BCUT2D eigenvalue weighted by molar-refractivity contribution is 7.99. The van der Waals surface area contributed by atoms with Gasteiger partial charge in [0.15, 0.2) is 0 Å². The largest absolute Gasteiger partial charge is 0.452 e. The Kier molecular flexibility index (Phi) is 5.40. The van der Waals surface area contributed by atoms with Crippen molar-refractivity contribution in [2.75, 3.05) is 7.11 Å². The third kappa shape index (κ3) is 4.65. The van der Waals surface area contributed by atoms with Gasteiger partial charge in [-0.15, -0.1) is 0 Å². The molecule has 0 fully saturated rings. The number of benzene rings is 2. The van der Waals surface area contributed by atoms with Crippen LogP contribution in [0.2, 0.25) is 0 Å². The van der Waals surface area contributed by atoms with Crippen LogP contribution in [0.4, 0.5) is 4.79 Å². The van der Waals surface area contributed by atoms with Crippen LogP contribution in [0.15, 0.2) is 69.5 Å². The number of hydrazone groups is 1. The highest BCUT2D eigenvalue weighted by Crippen LogP contribution is 2.27. The fourth-order valence-electron chi connectivity index (χ4n) is 1.63. The van der Waals surface area contributed by atoms with Gasteiger partial charge in [-0.3, -0.25) is 0 Å². The van der Waals surface area contributed by atoms with Crippen LogP contribution in [0, 0.1) is 0 Å². The Balaban J connectivity index is 2.03. The Morgan fingerprint density at radius 3 is 2.29 bits per heavy atom. The van der Waals surface area contributed by atoms with Gasteiger partial charge in [-0.05, 0) is 36.8 Å². The Hall–Kier alpha value is -2.27. The number of hydrogen-bond donors (Lipinski definition) is 1. The first-order valence-corrected chi connectivity index (χ1v) is 7.22. The van der Waals surface area contributed by atoms with Crippen LogP contribution >= 0.6 is 11.8 Å². The number of methoxy groups -OCH3 is 1. The summed E-state index contributed by atoms with van der Waals surface area (Å²) in [6.45, 7) is 1.83. The van der Waals surface area contributed by atoms with Crippen molar-refractivity contribution in [3.8, 4) is 0 Å². The van der Waals surface area contributed by atoms with Gasteiger partial charge in [-0.25, -0.2) is 10.2 Å². The maximum Gasteiger partial charge on any atom is 0.427 e. The Morgan fingerprint density at radius 1 is 1.05 bits per heavy atom. The molecule has 0 aliphatic heterocycles. The van der Waals surface area contributed by atoms with E-state index in [2.05, 4.69) is 27.4 Å². The number of carbonyl (C=O) groups is 1. The minimum Gasteiger partial charge on any atom is -0.452 e. The number of rotatable bonds is 4. The summed E-state index contributed by atoms with van der Waals surface area (Å²) in [5.74, 6) is 0. The minimum atomic E-state index is -0.578. The van der Waals surface area contributed by atoms with E-state index in [0.29, 0.717) is 0 Å². The van der Waals surface area contributed by atoms with Gasteiger partial charge in [0.25, 0.3) is 0 Å². The smallest absolute Gasteiger partial charge is 0.427 e. The van der Waals surface area contributed by atoms with E-state index >= 15 is 0 Å². The zero-order valence-corrected chi connectivity index (χ0v) is 12.7. The average molecular weight is 300 g/mol. The van der Waals surface area contributed by atoms with Crippen LogP contribution in [0.1, 0.15) is 12.5 Å². The molecule has 4 nitrogen and oxygen atoms in total. The summed E-state index contributed by atoms with van der Waals surface area (Å²) in [5.41, 5.74) is 3.97. The lowest BCUT2D eigenvalue weighted by molar-refractivity contribution is 0.171. The van der Waals surface area contributed by atoms with E-state index in [0.717, 1.165) is 16.2 Å². The third-order valence-corrected chi connectivity index (χ3v) is 3.77. The number of carbonyl (C=O) groups excluding carboxylic acids is 1. The molecule has 0 unspecified atom stereocenters. The third-order valence-electron chi connectivity index (χ3n) is 2.75. The lowest BCUT2D eigenvalue weighted by Gasteiger charge is -2.04. The summed E-state index contributed by atoms with van der Waals surface area (Å²) in [4.78, 5) is 13.3. The van der Waals surface area contributed by atoms with Gasteiger partial charge in [0, 0.05) is 9.79 Å². The Bertz CT molecular complexity index is 624. The molecule has 2 rings (SSSR count). The second-order valence-corrected chi connectivity index (χ2v) is 5.39. The van der Waals surface area contributed by atoms with Crippen molar-refractivity contribution >= 4 is 23.6 Å². The predicted molar refractivity (Wildman–Crippen MR) is 84.8 cm³/mol. The molecule has 0 saturated heterocycles. The standard InChI is InChI=1S/C16H16N2O2S/c1-12(17-18-16(19)20-2)13-8-10-15(11-9-13)21-14-6-4-3-5-7-14/h3-11H,1-2H3,(H,18,19)/b17-12-. The monoisotopic (exact) mass is 300 g/mol. The number of ether oxygens (including phenoxy) is 1. The first-order chi connectivity index (χ1) is 10.2. The highest BCUT2D eigenvalue weighted by atomic mass is 32.2. The molecule has 0 atom stereocenters. The number of hydrogen-bond acceptors (Lipinski definition) is 4. The van der Waals surface area contributed by atoms with Gasteiger partial charge in [-0.1, -0.05) is 42.1 Å². The normalized spacial score (nSPS) is 11.0. The van der Waals surface area contributed by atoms with Crippen LogP contribution in [-0.2, 0) is 4.74 Å². The summed E-state index contributed by atoms with van der Waals surface area (Å²) >= 11 is 1.70. The molecular weight excluding hydrogens is 284 g/mol. The molecule has 108 valence electrons. The second kappa shape index (κ2) is 7.50. The molecule has 0 aliphatic carbocycles. The maximum atomic E-state index is 11.0. The van der Waals surface area contributed by atoms with E-state index in [1.807, 2.05) is 49.4 Å². The van der Waals surface area contributed by atoms with Gasteiger partial charge in [0.05, 0.1) is 12.8 Å². The van der Waals surface area contributed by atoms with Gasteiger partial charge < -0.3 is 4.74 Å². The molecule has 0 aromatic heterocycles. The minimum absolute atomic E-state index is 0.578. The molecule has 21 heavy (non-hydrogen) atoms. The molecule has 2 aromatic carbocycles. The molecule has 0 aliphatic rings.